The zero-order valence-corrected chi connectivity index (χ0v) is 13.8. The van der Waals surface area contributed by atoms with E-state index >= 15 is 0 Å². The number of aromatic nitrogens is 5. The molecule has 0 aliphatic rings. The number of hydrogen-bond donors (Lipinski definition) is 3. The molecular formula is C19H16N6O. The first-order valence-electron chi connectivity index (χ1n) is 8.13. The molecule has 2 aromatic carbocycles. The fourth-order valence-electron chi connectivity index (χ4n) is 2.73. The summed E-state index contributed by atoms with van der Waals surface area (Å²) in [6.07, 6.45) is 3.17. The number of carbonyl (C=O) groups is 1. The second-order valence-electron chi connectivity index (χ2n) is 5.73. The Morgan fingerprint density at radius 3 is 2.62 bits per heavy atom. The van der Waals surface area contributed by atoms with Crippen molar-refractivity contribution in [3.8, 4) is 22.6 Å². The summed E-state index contributed by atoms with van der Waals surface area (Å²) in [7, 11) is 0. The van der Waals surface area contributed by atoms with Crippen molar-refractivity contribution in [2.45, 2.75) is 6.54 Å². The van der Waals surface area contributed by atoms with E-state index in [0.717, 1.165) is 22.4 Å². The van der Waals surface area contributed by atoms with E-state index in [9.17, 15) is 4.79 Å². The largest absolute Gasteiger partial charge is 0.348 e. The van der Waals surface area contributed by atoms with Crippen molar-refractivity contribution in [2.24, 2.45) is 0 Å². The van der Waals surface area contributed by atoms with Crippen LogP contribution in [0, 0.1) is 0 Å². The topological polar surface area (TPSA) is 99.3 Å². The minimum Gasteiger partial charge on any atom is -0.348 e. The molecule has 26 heavy (non-hydrogen) atoms. The lowest BCUT2D eigenvalue weighted by Crippen LogP contribution is -2.22. The lowest BCUT2D eigenvalue weighted by molar-refractivity contribution is 0.0951. The minimum atomic E-state index is -0.161. The number of nitrogens with zero attached hydrogens (tertiary/aromatic N) is 3. The molecule has 0 fully saturated rings. The molecule has 0 atom stereocenters. The van der Waals surface area contributed by atoms with Crippen LogP contribution >= 0.6 is 0 Å². The van der Waals surface area contributed by atoms with Gasteiger partial charge in [0.15, 0.2) is 5.82 Å². The summed E-state index contributed by atoms with van der Waals surface area (Å²) in [5, 5.41) is 16.7. The molecule has 0 saturated heterocycles. The Morgan fingerprint density at radius 1 is 0.962 bits per heavy atom. The van der Waals surface area contributed by atoms with Gasteiger partial charge in [0, 0.05) is 23.2 Å². The Kier molecular flexibility index (Phi) is 4.26. The summed E-state index contributed by atoms with van der Waals surface area (Å²) < 4.78 is 0. The van der Waals surface area contributed by atoms with E-state index in [2.05, 4.69) is 30.7 Å². The highest BCUT2D eigenvalue weighted by atomic mass is 16.1. The quantitative estimate of drug-likeness (QED) is 0.518. The average Bonchev–Trinajstić information content (AvgIpc) is 3.39. The highest BCUT2D eigenvalue weighted by Crippen LogP contribution is 2.20. The van der Waals surface area contributed by atoms with Gasteiger partial charge in [0.1, 0.15) is 6.33 Å². The maximum atomic E-state index is 12.5. The first-order chi connectivity index (χ1) is 12.8. The molecular weight excluding hydrogens is 328 g/mol. The van der Waals surface area contributed by atoms with Crippen LogP contribution in [0.2, 0.25) is 0 Å². The van der Waals surface area contributed by atoms with Crippen molar-refractivity contribution < 1.29 is 4.79 Å². The second kappa shape index (κ2) is 7.02. The normalized spacial score (nSPS) is 10.6. The number of rotatable bonds is 5. The number of carbonyl (C=O) groups excluding carboxylic acids is 1. The number of hydrogen-bond acceptors (Lipinski definition) is 4. The van der Waals surface area contributed by atoms with Crippen LogP contribution in [0.15, 0.2) is 67.1 Å². The molecule has 0 spiro atoms. The van der Waals surface area contributed by atoms with Crippen LogP contribution in [-0.2, 0) is 6.54 Å². The first-order valence-corrected chi connectivity index (χ1v) is 8.13. The maximum absolute atomic E-state index is 12.5. The van der Waals surface area contributed by atoms with E-state index in [1.165, 1.54) is 6.33 Å². The molecule has 2 aromatic heterocycles. The van der Waals surface area contributed by atoms with Gasteiger partial charge in [-0.1, -0.05) is 42.5 Å². The van der Waals surface area contributed by atoms with Crippen molar-refractivity contribution in [1.82, 2.24) is 30.7 Å². The van der Waals surface area contributed by atoms with E-state index < -0.39 is 0 Å². The molecule has 3 N–H and O–H groups in total. The summed E-state index contributed by atoms with van der Waals surface area (Å²) in [4.78, 5) is 16.6. The van der Waals surface area contributed by atoms with Gasteiger partial charge in [0.2, 0.25) is 0 Å². The molecule has 2 heterocycles. The first kappa shape index (κ1) is 15.8. The molecule has 7 nitrogen and oxygen atoms in total. The van der Waals surface area contributed by atoms with Gasteiger partial charge in [0.25, 0.3) is 5.91 Å². The Bertz CT molecular complexity index is 1010. The molecule has 0 saturated carbocycles. The average molecular weight is 344 g/mol. The van der Waals surface area contributed by atoms with Gasteiger partial charge in [0.05, 0.1) is 11.9 Å². The summed E-state index contributed by atoms with van der Waals surface area (Å²) >= 11 is 0. The van der Waals surface area contributed by atoms with Gasteiger partial charge in [-0.05, 0) is 17.7 Å². The Morgan fingerprint density at radius 2 is 1.81 bits per heavy atom. The Labute approximate surface area is 149 Å². The molecule has 0 aliphatic heterocycles. The number of amides is 1. The fraction of sp³-hybridized carbons (Fsp3) is 0.0526. The standard InChI is InChI=1S/C19H16N6O/c26-19(15-8-4-7-14(9-15)18-21-12-23-25-18)20-10-16-11-22-24-17(16)13-5-2-1-3-6-13/h1-9,11-12H,10H2,(H,20,26)(H,22,24)(H,21,23,25). The van der Waals surface area contributed by atoms with Gasteiger partial charge in [-0.2, -0.15) is 10.2 Å². The monoisotopic (exact) mass is 344 g/mol. The van der Waals surface area contributed by atoms with Crippen molar-refractivity contribution >= 4 is 5.91 Å². The molecule has 0 bridgehead atoms. The van der Waals surface area contributed by atoms with Crippen LogP contribution in [0.1, 0.15) is 15.9 Å². The van der Waals surface area contributed by atoms with Gasteiger partial charge in [-0.25, -0.2) is 4.98 Å². The van der Waals surface area contributed by atoms with E-state index in [4.69, 9.17) is 0 Å². The van der Waals surface area contributed by atoms with Crippen molar-refractivity contribution in [2.75, 3.05) is 0 Å². The van der Waals surface area contributed by atoms with E-state index in [0.29, 0.717) is 17.9 Å². The van der Waals surface area contributed by atoms with E-state index in [-0.39, 0.29) is 5.91 Å². The third kappa shape index (κ3) is 3.23. The molecule has 4 aromatic rings. The van der Waals surface area contributed by atoms with Crippen LogP contribution in [0.4, 0.5) is 0 Å². The predicted octanol–water partition coefficient (Wildman–Crippen LogP) is 2.79. The zero-order valence-electron chi connectivity index (χ0n) is 13.8. The molecule has 7 heteroatoms. The summed E-state index contributed by atoms with van der Waals surface area (Å²) in [5.74, 6) is 0.465. The summed E-state index contributed by atoms with van der Waals surface area (Å²) in [5.41, 5.74) is 4.23. The second-order valence-corrected chi connectivity index (χ2v) is 5.73. The molecule has 0 unspecified atom stereocenters. The Balaban J connectivity index is 1.49. The van der Waals surface area contributed by atoms with Crippen LogP contribution in [-0.4, -0.2) is 31.3 Å². The van der Waals surface area contributed by atoms with Gasteiger partial charge >= 0.3 is 0 Å². The Hall–Kier alpha value is -3.74. The smallest absolute Gasteiger partial charge is 0.251 e. The van der Waals surface area contributed by atoms with Gasteiger partial charge < -0.3 is 5.32 Å². The number of aromatic amines is 2. The highest BCUT2D eigenvalue weighted by Gasteiger charge is 2.11. The molecule has 128 valence electrons. The lowest BCUT2D eigenvalue weighted by atomic mass is 10.1. The third-order valence-corrected chi connectivity index (χ3v) is 4.03. The number of nitrogens with one attached hydrogen (secondary N) is 3. The molecule has 0 aliphatic carbocycles. The minimum absolute atomic E-state index is 0.161. The zero-order chi connectivity index (χ0) is 17.8. The predicted molar refractivity (Wildman–Crippen MR) is 97.0 cm³/mol. The SMILES string of the molecule is O=C(NCc1cn[nH]c1-c1ccccc1)c1cccc(-c2ncn[nH]2)c1. The van der Waals surface area contributed by atoms with Crippen LogP contribution in [0.25, 0.3) is 22.6 Å². The molecule has 1 amide bonds. The number of H-pyrrole nitrogens is 2. The summed E-state index contributed by atoms with van der Waals surface area (Å²) in [6, 6.07) is 17.1. The summed E-state index contributed by atoms with van der Waals surface area (Å²) in [6.45, 7) is 0.381. The lowest BCUT2D eigenvalue weighted by Gasteiger charge is -2.07. The van der Waals surface area contributed by atoms with Crippen molar-refractivity contribution in [3.05, 3.63) is 78.2 Å². The number of benzene rings is 2. The van der Waals surface area contributed by atoms with Crippen molar-refractivity contribution in [3.63, 3.8) is 0 Å². The van der Waals surface area contributed by atoms with Gasteiger partial charge in [-0.15, -0.1) is 0 Å². The maximum Gasteiger partial charge on any atom is 0.251 e. The van der Waals surface area contributed by atoms with Crippen molar-refractivity contribution in [1.29, 1.82) is 0 Å². The van der Waals surface area contributed by atoms with E-state index in [1.54, 1.807) is 18.3 Å². The van der Waals surface area contributed by atoms with Crippen LogP contribution in [0.5, 0.6) is 0 Å². The fourth-order valence-corrected chi connectivity index (χ4v) is 2.73. The van der Waals surface area contributed by atoms with Crippen LogP contribution in [0.3, 0.4) is 0 Å². The third-order valence-electron chi connectivity index (χ3n) is 4.03. The van der Waals surface area contributed by atoms with Gasteiger partial charge in [-0.3, -0.25) is 15.0 Å². The van der Waals surface area contributed by atoms with Crippen LogP contribution < -0.4 is 5.32 Å². The highest BCUT2D eigenvalue weighted by molar-refractivity contribution is 5.95. The molecule has 0 radical (unpaired) electrons. The molecule has 4 rings (SSSR count). The van der Waals surface area contributed by atoms with E-state index in [1.807, 2.05) is 42.5 Å².